The number of nitrogen functional groups attached to an aromatic ring is 1. The maximum atomic E-state index is 12.3. The summed E-state index contributed by atoms with van der Waals surface area (Å²) in [5.74, 6) is -0.0744. The van der Waals surface area contributed by atoms with Crippen molar-refractivity contribution >= 4 is 11.6 Å². The van der Waals surface area contributed by atoms with Crippen LogP contribution in [0.1, 0.15) is 35.5 Å². The first-order valence-corrected chi connectivity index (χ1v) is 7.32. The highest BCUT2D eigenvalue weighted by atomic mass is 16.2. The van der Waals surface area contributed by atoms with Crippen LogP contribution in [0.3, 0.4) is 0 Å². The molecule has 0 spiro atoms. The molecule has 2 rings (SSSR count). The van der Waals surface area contributed by atoms with Crippen LogP contribution in [0.2, 0.25) is 0 Å². The van der Waals surface area contributed by atoms with Crippen molar-refractivity contribution in [2.24, 2.45) is 0 Å². The van der Waals surface area contributed by atoms with Gasteiger partial charge in [-0.05, 0) is 44.4 Å². The van der Waals surface area contributed by atoms with E-state index in [9.17, 15) is 4.79 Å². The van der Waals surface area contributed by atoms with Gasteiger partial charge in [0, 0.05) is 18.8 Å². The highest BCUT2D eigenvalue weighted by molar-refractivity contribution is 5.94. The molecule has 1 heterocycles. The Morgan fingerprint density at radius 1 is 1.38 bits per heavy atom. The summed E-state index contributed by atoms with van der Waals surface area (Å²) < 4.78 is 1.87. The number of amides is 1. The van der Waals surface area contributed by atoms with Crippen LogP contribution in [0.15, 0.2) is 36.5 Å². The third kappa shape index (κ3) is 3.66. The molecule has 1 aromatic heterocycles. The number of nitrogens with two attached hydrogens (primary N) is 1. The third-order valence-electron chi connectivity index (χ3n) is 3.66. The summed E-state index contributed by atoms with van der Waals surface area (Å²) in [6, 6.07) is 10.0. The molecule has 1 aromatic carbocycles. The lowest BCUT2D eigenvalue weighted by molar-refractivity contribution is 0.0931. The van der Waals surface area contributed by atoms with Gasteiger partial charge >= 0.3 is 0 Å². The van der Waals surface area contributed by atoms with Gasteiger partial charge in [-0.25, -0.2) is 0 Å². The van der Waals surface area contributed by atoms with Gasteiger partial charge in [-0.3, -0.25) is 4.79 Å². The number of nitrogens with one attached hydrogen (secondary N) is 1. The largest absolute Gasteiger partial charge is 0.397 e. The summed E-state index contributed by atoms with van der Waals surface area (Å²) in [6.45, 7) is 6.83. The molecule has 0 aliphatic carbocycles. The summed E-state index contributed by atoms with van der Waals surface area (Å²) in [7, 11) is 0. The van der Waals surface area contributed by atoms with Gasteiger partial charge in [-0.15, -0.1) is 0 Å². The molecule has 0 saturated heterocycles. The number of nitrogens with zero attached hydrogens (tertiary/aromatic N) is 1. The second kappa shape index (κ2) is 6.48. The van der Waals surface area contributed by atoms with Crippen LogP contribution >= 0.6 is 0 Å². The fourth-order valence-electron chi connectivity index (χ4n) is 2.50. The van der Waals surface area contributed by atoms with Crippen LogP contribution in [0.25, 0.3) is 0 Å². The molecule has 21 heavy (non-hydrogen) atoms. The van der Waals surface area contributed by atoms with Gasteiger partial charge in [0.15, 0.2) is 0 Å². The highest BCUT2D eigenvalue weighted by Crippen LogP contribution is 2.12. The first-order valence-electron chi connectivity index (χ1n) is 7.32. The van der Waals surface area contributed by atoms with E-state index in [1.165, 1.54) is 11.1 Å². The molecule has 3 N–H and O–H groups in total. The van der Waals surface area contributed by atoms with E-state index in [1.54, 1.807) is 12.3 Å². The van der Waals surface area contributed by atoms with Crippen molar-refractivity contribution in [3.63, 3.8) is 0 Å². The Kier molecular flexibility index (Phi) is 4.68. The minimum atomic E-state index is -0.0744. The predicted octanol–water partition coefficient (Wildman–Crippen LogP) is 2.76. The first kappa shape index (κ1) is 15.2. The van der Waals surface area contributed by atoms with E-state index in [2.05, 4.69) is 24.4 Å². The second-order valence-corrected chi connectivity index (χ2v) is 5.45. The highest BCUT2D eigenvalue weighted by Gasteiger charge is 2.15. The van der Waals surface area contributed by atoms with Crippen LogP contribution in [-0.4, -0.2) is 16.5 Å². The van der Waals surface area contributed by atoms with Gasteiger partial charge in [-0.1, -0.05) is 24.3 Å². The zero-order valence-electron chi connectivity index (χ0n) is 12.9. The van der Waals surface area contributed by atoms with E-state index in [1.807, 2.05) is 30.5 Å². The Balaban J connectivity index is 2.04. The van der Waals surface area contributed by atoms with Gasteiger partial charge in [0.1, 0.15) is 5.69 Å². The fraction of sp³-hybridized carbons (Fsp3) is 0.353. The van der Waals surface area contributed by atoms with Crippen molar-refractivity contribution in [3.8, 4) is 0 Å². The standard InChI is InChI=1S/C17H23N3O/c1-4-20-11-15(18)10-16(20)17(21)19-13(3)9-14-8-6-5-7-12(14)2/h5-8,10-11,13H,4,9,18H2,1-3H3,(H,19,21). The van der Waals surface area contributed by atoms with Gasteiger partial charge < -0.3 is 15.6 Å². The second-order valence-electron chi connectivity index (χ2n) is 5.45. The maximum Gasteiger partial charge on any atom is 0.268 e. The molecule has 0 fully saturated rings. The molecular formula is C17H23N3O. The molecule has 0 bridgehead atoms. The van der Waals surface area contributed by atoms with E-state index in [-0.39, 0.29) is 11.9 Å². The SMILES string of the molecule is CCn1cc(N)cc1C(=O)NC(C)Cc1ccccc1C. The van der Waals surface area contributed by atoms with E-state index in [4.69, 9.17) is 5.73 Å². The summed E-state index contributed by atoms with van der Waals surface area (Å²) in [5, 5.41) is 3.04. The molecule has 1 amide bonds. The van der Waals surface area contributed by atoms with Gasteiger partial charge in [0.2, 0.25) is 0 Å². The molecule has 0 radical (unpaired) electrons. The van der Waals surface area contributed by atoms with Gasteiger partial charge in [0.25, 0.3) is 5.91 Å². The van der Waals surface area contributed by atoms with Crippen LogP contribution in [0.5, 0.6) is 0 Å². The Morgan fingerprint density at radius 2 is 2.10 bits per heavy atom. The lowest BCUT2D eigenvalue weighted by atomic mass is 10.0. The number of rotatable bonds is 5. The molecular weight excluding hydrogens is 262 g/mol. The number of carbonyl (C=O) groups is 1. The Morgan fingerprint density at radius 3 is 2.76 bits per heavy atom. The first-order chi connectivity index (χ1) is 10.0. The van der Waals surface area contributed by atoms with Crippen molar-refractivity contribution in [1.82, 2.24) is 9.88 Å². The topological polar surface area (TPSA) is 60.0 Å². The average molecular weight is 285 g/mol. The molecule has 0 aliphatic rings. The van der Waals surface area contributed by atoms with E-state index < -0.39 is 0 Å². The zero-order valence-corrected chi connectivity index (χ0v) is 12.9. The van der Waals surface area contributed by atoms with E-state index in [0.717, 1.165) is 13.0 Å². The van der Waals surface area contributed by atoms with Crippen LogP contribution in [0, 0.1) is 6.92 Å². The summed E-state index contributed by atoms with van der Waals surface area (Å²) in [6.07, 6.45) is 2.61. The smallest absolute Gasteiger partial charge is 0.268 e. The van der Waals surface area contributed by atoms with Crippen LogP contribution < -0.4 is 11.1 Å². The number of aromatic nitrogens is 1. The third-order valence-corrected chi connectivity index (χ3v) is 3.66. The number of aryl methyl sites for hydroxylation is 2. The maximum absolute atomic E-state index is 12.3. The number of carbonyl (C=O) groups excluding carboxylic acids is 1. The van der Waals surface area contributed by atoms with E-state index >= 15 is 0 Å². The Labute approximate surface area is 126 Å². The lowest BCUT2D eigenvalue weighted by Crippen LogP contribution is -2.35. The quantitative estimate of drug-likeness (QED) is 0.887. The molecule has 1 unspecified atom stereocenters. The summed E-state index contributed by atoms with van der Waals surface area (Å²) >= 11 is 0. The predicted molar refractivity (Wildman–Crippen MR) is 86.3 cm³/mol. The summed E-state index contributed by atoms with van der Waals surface area (Å²) in [4.78, 5) is 12.3. The molecule has 1 atom stereocenters. The summed E-state index contributed by atoms with van der Waals surface area (Å²) in [5.41, 5.74) is 9.51. The lowest BCUT2D eigenvalue weighted by Gasteiger charge is -2.16. The van der Waals surface area contributed by atoms with Crippen LogP contribution in [0.4, 0.5) is 5.69 Å². The van der Waals surface area contributed by atoms with Crippen molar-refractivity contribution in [3.05, 3.63) is 53.3 Å². The molecule has 0 saturated carbocycles. The Bertz CT molecular complexity index is 631. The van der Waals surface area contributed by atoms with E-state index in [0.29, 0.717) is 11.4 Å². The molecule has 0 aliphatic heterocycles. The number of benzene rings is 1. The Hall–Kier alpha value is -2.23. The van der Waals surface area contributed by atoms with Crippen molar-refractivity contribution in [2.45, 2.75) is 39.8 Å². The fourth-order valence-corrected chi connectivity index (χ4v) is 2.50. The van der Waals surface area contributed by atoms with Crippen LogP contribution in [-0.2, 0) is 13.0 Å². The van der Waals surface area contributed by atoms with Gasteiger partial charge in [0.05, 0.1) is 5.69 Å². The number of hydrogen-bond donors (Lipinski definition) is 2. The minimum Gasteiger partial charge on any atom is -0.397 e. The number of hydrogen-bond acceptors (Lipinski definition) is 2. The zero-order chi connectivity index (χ0) is 15.4. The monoisotopic (exact) mass is 285 g/mol. The van der Waals surface area contributed by atoms with Crippen molar-refractivity contribution < 1.29 is 4.79 Å². The molecule has 2 aromatic rings. The van der Waals surface area contributed by atoms with Crippen molar-refractivity contribution in [2.75, 3.05) is 5.73 Å². The normalized spacial score (nSPS) is 12.1. The molecule has 4 heteroatoms. The molecule has 4 nitrogen and oxygen atoms in total. The minimum absolute atomic E-state index is 0.0695. The van der Waals surface area contributed by atoms with Crippen molar-refractivity contribution in [1.29, 1.82) is 0 Å². The molecule has 112 valence electrons. The number of anilines is 1. The van der Waals surface area contributed by atoms with Gasteiger partial charge in [-0.2, -0.15) is 0 Å². The average Bonchev–Trinajstić information content (AvgIpc) is 2.82.